The first-order chi connectivity index (χ1) is 10.8. The van der Waals surface area contributed by atoms with Gasteiger partial charge in [0.15, 0.2) is 0 Å². The molecule has 2 N–H and O–H groups in total. The van der Waals surface area contributed by atoms with Crippen LogP contribution in [0.1, 0.15) is 30.5 Å². The van der Waals surface area contributed by atoms with E-state index in [0.29, 0.717) is 0 Å². The SMILES string of the molecule is Cn1cccc1C1(c2ccccc2)CCN(CCCN)CC1. The number of rotatable bonds is 5. The lowest BCUT2D eigenvalue weighted by atomic mass is 9.70. The molecule has 0 spiro atoms. The largest absolute Gasteiger partial charge is 0.354 e. The first-order valence-electron chi connectivity index (χ1n) is 8.36. The molecule has 0 unspecified atom stereocenters. The van der Waals surface area contributed by atoms with Gasteiger partial charge in [-0.3, -0.25) is 0 Å². The minimum absolute atomic E-state index is 0.152. The summed E-state index contributed by atoms with van der Waals surface area (Å²) in [5.41, 5.74) is 8.70. The van der Waals surface area contributed by atoms with Gasteiger partial charge in [-0.2, -0.15) is 0 Å². The quantitative estimate of drug-likeness (QED) is 0.921. The molecule has 3 nitrogen and oxygen atoms in total. The second-order valence-electron chi connectivity index (χ2n) is 6.44. The summed E-state index contributed by atoms with van der Waals surface area (Å²) in [4.78, 5) is 2.57. The van der Waals surface area contributed by atoms with Gasteiger partial charge >= 0.3 is 0 Å². The highest BCUT2D eigenvalue weighted by Crippen LogP contribution is 2.41. The predicted molar refractivity (Wildman–Crippen MR) is 92.0 cm³/mol. The van der Waals surface area contributed by atoms with Crippen LogP contribution in [-0.2, 0) is 12.5 Å². The molecule has 2 heterocycles. The fourth-order valence-electron chi connectivity index (χ4n) is 3.88. The zero-order valence-corrected chi connectivity index (χ0v) is 13.5. The van der Waals surface area contributed by atoms with Crippen molar-refractivity contribution in [2.45, 2.75) is 24.7 Å². The molecule has 0 atom stereocenters. The van der Waals surface area contributed by atoms with E-state index >= 15 is 0 Å². The predicted octanol–water partition coefficient (Wildman–Crippen LogP) is 2.76. The Bertz CT molecular complexity index is 580. The summed E-state index contributed by atoms with van der Waals surface area (Å²) >= 11 is 0. The monoisotopic (exact) mass is 297 g/mol. The van der Waals surface area contributed by atoms with Crippen molar-refractivity contribution in [2.24, 2.45) is 12.8 Å². The fraction of sp³-hybridized carbons (Fsp3) is 0.474. The maximum atomic E-state index is 5.66. The van der Waals surface area contributed by atoms with Gasteiger partial charge in [-0.05, 0) is 63.1 Å². The van der Waals surface area contributed by atoms with E-state index in [4.69, 9.17) is 5.73 Å². The Labute approximate surface area is 133 Å². The zero-order chi connectivity index (χ0) is 15.4. The molecule has 2 aromatic rings. The van der Waals surface area contributed by atoms with Crippen molar-refractivity contribution < 1.29 is 0 Å². The van der Waals surface area contributed by atoms with Gasteiger partial charge in [0.05, 0.1) is 0 Å². The van der Waals surface area contributed by atoms with Crippen LogP contribution in [0.4, 0.5) is 0 Å². The summed E-state index contributed by atoms with van der Waals surface area (Å²) in [5, 5.41) is 0. The van der Waals surface area contributed by atoms with Crippen molar-refractivity contribution in [3.8, 4) is 0 Å². The Kier molecular flexibility index (Phi) is 4.65. The van der Waals surface area contributed by atoms with Crippen LogP contribution in [-0.4, -0.2) is 35.6 Å². The van der Waals surface area contributed by atoms with E-state index in [1.54, 1.807) is 0 Å². The van der Waals surface area contributed by atoms with Crippen LogP contribution in [0, 0.1) is 0 Å². The number of hydrogen-bond acceptors (Lipinski definition) is 2. The Balaban J connectivity index is 1.89. The molecule has 1 aliphatic heterocycles. The van der Waals surface area contributed by atoms with Crippen molar-refractivity contribution in [2.75, 3.05) is 26.2 Å². The van der Waals surface area contributed by atoms with Gasteiger partial charge in [-0.25, -0.2) is 0 Å². The number of aryl methyl sites for hydroxylation is 1. The zero-order valence-electron chi connectivity index (χ0n) is 13.5. The molecule has 118 valence electrons. The Morgan fingerprint density at radius 2 is 1.77 bits per heavy atom. The second kappa shape index (κ2) is 6.67. The van der Waals surface area contributed by atoms with Crippen LogP contribution >= 0.6 is 0 Å². The molecule has 1 aromatic carbocycles. The van der Waals surface area contributed by atoms with Gasteiger partial charge < -0.3 is 15.2 Å². The van der Waals surface area contributed by atoms with Crippen LogP contribution in [0.25, 0.3) is 0 Å². The van der Waals surface area contributed by atoms with Crippen LogP contribution in [0.3, 0.4) is 0 Å². The van der Waals surface area contributed by atoms with Crippen molar-refractivity contribution >= 4 is 0 Å². The van der Waals surface area contributed by atoms with E-state index in [2.05, 4.69) is 65.2 Å². The second-order valence-corrected chi connectivity index (χ2v) is 6.44. The maximum absolute atomic E-state index is 5.66. The van der Waals surface area contributed by atoms with Crippen molar-refractivity contribution in [1.29, 1.82) is 0 Å². The maximum Gasteiger partial charge on any atom is 0.0379 e. The van der Waals surface area contributed by atoms with Gasteiger partial charge in [0.2, 0.25) is 0 Å². The fourth-order valence-corrected chi connectivity index (χ4v) is 3.88. The minimum Gasteiger partial charge on any atom is -0.354 e. The summed E-state index contributed by atoms with van der Waals surface area (Å²) in [6.45, 7) is 4.23. The molecule has 0 radical (unpaired) electrons. The first-order valence-corrected chi connectivity index (χ1v) is 8.36. The minimum atomic E-state index is 0.152. The molecule has 1 aromatic heterocycles. The summed E-state index contributed by atoms with van der Waals surface area (Å²) in [7, 11) is 2.17. The van der Waals surface area contributed by atoms with Crippen molar-refractivity contribution in [3.63, 3.8) is 0 Å². The average molecular weight is 297 g/mol. The van der Waals surface area contributed by atoms with Gasteiger partial charge in [-0.1, -0.05) is 30.3 Å². The van der Waals surface area contributed by atoms with Crippen molar-refractivity contribution in [1.82, 2.24) is 9.47 Å². The number of aromatic nitrogens is 1. The number of piperidine rings is 1. The van der Waals surface area contributed by atoms with Crippen molar-refractivity contribution in [3.05, 3.63) is 59.9 Å². The Morgan fingerprint density at radius 1 is 1.05 bits per heavy atom. The molecule has 0 bridgehead atoms. The normalized spacial score (nSPS) is 18.5. The topological polar surface area (TPSA) is 34.2 Å². The third-order valence-corrected chi connectivity index (χ3v) is 5.15. The van der Waals surface area contributed by atoms with Crippen LogP contribution < -0.4 is 5.73 Å². The number of nitrogens with two attached hydrogens (primary N) is 1. The van der Waals surface area contributed by atoms with E-state index in [0.717, 1.165) is 32.6 Å². The highest BCUT2D eigenvalue weighted by molar-refractivity contribution is 5.37. The Morgan fingerprint density at radius 3 is 2.36 bits per heavy atom. The summed E-state index contributed by atoms with van der Waals surface area (Å²) in [6.07, 6.45) is 5.63. The third-order valence-electron chi connectivity index (χ3n) is 5.15. The third kappa shape index (κ3) is 2.83. The summed E-state index contributed by atoms with van der Waals surface area (Å²) in [6, 6.07) is 15.5. The highest BCUT2D eigenvalue weighted by Gasteiger charge is 2.39. The smallest absolute Gasteiger partial charge is 0.0379 e. The Hall–Kier alpha value is -1.58. The standard InChI is InChI=1S/C19H27N3/c1-21-13-5-9-18(21)19(17-7-3-2-4-8-17)10-15-22(16-11-19)14-6-12-20/h2-5,7-9,13H,6,10-12,14-16,20H2,1H3. The summed E-state index contributed by atoms with van der Waals surface area (Å²) < 4.78 is 2.29. The lowest BCUT2D eigenvalue weighted by molar-refractivity contribution is 0.174. The molecule has 1 aliphatic rings. The molecule has 0 saturated carbocycles. The van der Waals surface area contributed by atoms with E-state index < -0.39 is 0 Å². The molecular formula is C19H27N3. The van der Waals surface area contributed by atoms with Crippen LogP contribution in [0.2, 0.25) is 0 Å². The number of likely N-dealkylation sites (tertiary alicyclic amines) is 1. The van der Waals surface area contributed by atoms with Gasteiger partial charge in [-0.15, -0.1) is 0 Å². The molecule has 1 saturated heterocycles. The number of hydrogen-bond donors (Lipinski definition) is 1. The summed E-state index contributed by atoms with van der Waals surface area (Å²) in [5.74, 6) is 0. The van der Waals surface area contributed by atoms with Gasteiger partial charge in [0.25, 0.3) is 0 Å². The molecule has 1 fully saturated rings. The van der Waals surface area contributed by atoms with E-state index in [-0.39, 0.29) is 5.41 Å². The molecule has 0 amide bonds. The lowest BCUT2D eigenvalue weighted by Gasteiger charge is -2.43. The number of nitrogens with zero attached hydrogens (tertiary/aromatic N) is 2. The molecule has 3 rings (SSSR count). The number of benzene rings is 1. The first kappa shape index (κ1) is 15.3. The molecule has 3 heteroatoms. The van der Waals surface area contributed by atoms with Gasteiger partial charge in [0, 0.05) is 24.4 Å². The average Bonchev–Trinajstić information content (AvgIpc) is 3.01. The molecular weight excluding hydrogens is 270 g/mol. The van der Waals surface area contributed by atoms with E-state index in [1.165, 1.54) is 24.1 Å². The molecule has 22 heavy (non-hydrogen) atoms. The molecule has 0 aliphatic carbocycles. The lowest BCUT2D eigenvalue weighted by Crippen LogP contribution is -2.44. The highest BCUT2D eigenvalue weighted by atomic mass is 15.1. The van der Waals surface area contributed by atoms with Crippen LogP contribution in [0.15, 0.2) is 48.7 Å². The van der Waals surface area contributed by atoms with Crippen LogP contribution in [0.5, 0.6) is 0 Å². The van der Waals surface area contributed by atoms with E-state index in [1.807, 2.05) is 0 Å². The van der Waals surface area contributed by atoms with Gasteiger partial charge in [0.1, 0.15) is 0 Å². The van der Waals surface area contributed by atoms with E-state index in [9.17, 15) is 0 Å².